The van der Waals surface area contributed by atoms with Gasteiger partial charge in [0.05, 0.1) is 24.8 Å². The monoisotopic (exact) mass is 611 g/mol. The number of rotatable bonds is 12. The molecule has 1 aliphatic carbocycles. The number of carbonyl (C=O) groups is 2. The van der Waals surface area contributed by atoms with Crippen LogP contribution in [0.5, 0.6) is 11.5 Å². The molecule has 9 nitrogen and oxygen atoms in total. The number of benzene rings is 3. The van der Waals surface area contributed by atoms with Gasteiger partial charge in [0.25, 0.3) is 10.0 Å². The van der Waals surface area contributed by atoms with E-state index in [9.17, 15) is 22.4 Å². The summed E-state index contributed by atoms with van der Waals surface area (Å²) in [7, 11) is -1.49. The van der Waals surface area contributed by atoms with Gasteiger partial charge in [0.1, 0.15) is 29.9 Å². The molecule has 11 heteroatoms. The molecule has 3 aromatic rings. The lowest BCUT2D eigenvalue weighted by Crippen LogP contribution is -2.52. The van der Waals surface area contributed by atoms with Gasteiger partial charge in [-0.05, 0) is 57.0 Å². The minimum Gasteiger partial charge on any atom is -0.497 e. The van der Waals surface area contributed by atoms with Crippen LogP contribution in [0.2, 0.25) is 0 Å². The number of halogens is 1. The second-order valence-corrected chi connectivity index (χ2v) is 12.5. The second-order valence-electron chi connectivity index (χ2n) is 10.6. The van der Waals surface area contributed by atoms with Crippen molar-refractivity contribution in [1.29, 1.82) is 0 Å². The van der Waals surface area contributed by atoms with Crippen LogP contribution in [0.4, 0.5) is 10.1 Å². The zero-order valence-corrected chi connectivity index (χ0v) is 25.7. The van der Waals surface area contributed by atoms with Crippen molar-refractivity contribution in [2.24, 2.45) is 0 Å². The van der Waals surface area contributed by atoms with Gasteiger partial charge in [-0.1, -0.05) is 48.7 Å². The van der Waals surface area contributed by atoms with Crippen LogP contribution < -0.4 is 19.1 Å². The molecule has 0 bridgehead atoms. The lowest BCUT2D eigenvalue weighted by Gasteiger charge is -2.33. The standard InChI is InChI=1S/C32H38FN3O6S/c1-22-13-16-27(17-14-22)43(39,40)36(29-19-26(41-3)15-18-30(29)42-4)21-31(37)35(20-24-9-5-8-12-28(24)33)23(2)32(38)34-25-10-6-7-11-25/h5,8-9,12-19,23,25H,6-7,10-11,20-21H2,1-4H3,(H,34,38)/t23-/m1/s1. The fourth-order valence-electron chi connectivity index (χ4n) is 5.13. The number of amides is 2. The summed E-state index contributed by atoms with van der Waals surface area (Å²) in [5.41, 5.74) is 1.13. The third-order valence-corrected chi connectivity index (χ3v) is 9.48. The van der Waals surface area contributed by atoms with E-state index in [2.05, 4.69) is 5.32 Å². The summed E-state index contributed by atoms with van der Waals surface area (Å²) in [5, 5.41) is 3.00. The van der Waals surface area contributed by atoms with Gasteiger partial charge in [0.2, 0.25) is 11.8 Å². The SMILES string of the molecule is COc1ccc(OC)c(N(CC(=O)N(Cc2ccccc2F)[C@H](C)C(=O)NC2CCCC2)S(=O)(=O)c2ccc(C)cc2)c1. The Morgan fingerprint density at radius 3 is 2.30 bits per heavy atom. The van der Waals surface area contributed by atoms with Gasteiger partial charge >= 0.3 is 0 Å². The van der Waals surface area contributed by atoms with Crippen LogP contribution in [0, 0.1) is 12.7 Å². The number of methoxy groups -OCH3 is 2. The van der Waals surface area contributed by atoms with E-state index in [1.165, 1.54) is 55.5 Å². The van der Waals surface area contributed by atoms with Gasteiger partial charge in [0.15, 0.2) is 0 Å². The lowest BCUT2D eigenvalue weighted by molar-refractivity contribution is -0.139. The number of sulfonamides is 1. The smallest absolute Gasteiger partial charge is 0.264 e. The Hall–Kier alpha value is -4.12. The van der Waals surface area contributed by atoms with Crippen LogP contribution in [-0.4, -0.2) is 58.0 Å². The number of ether oxygens (including phenoxy) is 2. The lowest BCUT2D eigenvalue weighted by atomic mass is 10.1. The minimum absolute atomic E-state index is 0.000165. The van der Waals surface area contributed by atoms with E-state index in [0.717, 1.165) is 35.6 Å². The largest absolute Gasteiger partial charge is 0.497 e. The maximum absolute atomic E-state index is 14.8. The van der Waals surface area contributed by atoms with Gasteiger partial charge < -0.3 is 19.7 Å². The fraction of sp³-hybridized carbons (Fsp3) is 0.375. The zero-order valence-electron chi connectivity index (χ0n) is 24.9. The Bertz CT molecular complexity index is 1540. The van der Waals surface area contributed by atoms with Crippen molar-refractivity contribution in [3.8, 4) is 11.5 Å². The number of hydrogen-bond acceptors (Lipinski definition) is 6. The second kappa shape index (κ2) is 13.9. The first-order chi connectivity index (χ1) is 20.5. The van der Waals surface area contributed by atoms with Gasteiger partial charge in [-0.15, -0.1) is 0 Å². The predicted octanol–water partition coefficient (Wildman–Crippen LogP) is 4.82. The summed E-state index contributed by atoms with van der Waals surface area (Å²) in [6, 6.07) is 15.8. The minimum atomic E-state index is -4.33. The third kappa shape index (κ3) is 7.45. The van der Waals surface area contributed by atoms with Gasteiger partial charge in [-0.3, -0.25) is 13.9 Å². The molecule has 0 saturated heterocycles. The van der Waals surface area contributed by atoms with E-state index in [1.807, 2.05) is 6.92 Å². The molecule has 0 aromatic heterocycles. The summed E-state index contributed by atoms with van der Waals surface area (Å²) < 4.78 is 54.8. The van der Waals surface area contributed by atoms with Gasteiger partial charge in [-0.2, -0.15) is 0 Å². The summed E-state index contributed by atoms with van der Waals surface area (Å²) in [4.78, 5) is 28.7. The number of nitrogens with zero attached hydrogens (tertiary/aromatic N) is 2. The molecule has 0 radical (unpaired) electrons. The number of anilines is 1. The van der Waals surface area contributed by atoms with Crippen LogP contribution in [0.15, 0.2) is 71.6 Å². The quantitative estimate of drug-likeness (QED) is 0.315. The molecule has 1 N–H and O–H groups in total. The molecule has 1 fully saturated rings. The van der Waals surface area contributed by atoms with Gasteiger partial charge in [0, 0.05) is 24.2 Å². The van der Waals surface area contributed by atoms with Crippen molar-refractivity contribution in [1.82, 2.24) is 10.2 Å². The maximum atomic E-state index is 14.8. The summed E-state index contributed by atoms with van der Waals surface area (Å²) >= 11 is 0. The first-order valence-electron chi connectivity index (χ1n) is 14.2. The Morgan fingerprint density at radius 2 is 1.67 bits per heavy atom. The van der Waals surface area contributed by atoms with Crippen LogP contribution in [0.1, 0.15) is 43.7 Å². The highest BCUT2D eigenvalue weighted by molar-refractivity contribution is 7.92. The summed E-state index contributed by atoms with van der Waals surface area (Å²) in [5.74, 6) is -1.08. The van der Waals surface area contributed by atoms with Crippen molar-refractivity contribution in [2.45, 2.75) is 63.1 Å². The number of nitrogens with one attached hydrogen (secondary N) is 1. The van der Waals surface area contributed by atoms with Crippen LogP contribution >= 0.6 is 0 Å². The summed E-state index contributed by atoms with van der Waals surface area (Å²) in [6.07, 6.45) is 3.70. The molecule has 230 valence electrons. The molecular weight excluding hydrogens is 573 g/mol. The Labute approximate surface area is 252 Å². The first-order valence-corrected chi connectivity index (χ1v) is 15.6. The van der Waals surface area contributed by atoms with Crippen molar-refractivity contribution in [2.75, 3.05) is 25.1 Å². The van der Waals surface area contributed by atoms with E-state index >= 15 is 0 Å². The van der Waals surface area contributed by atoms with E-state index < -0.39 is 34.3 Å². The van der Waals surface area contributed by atoms with E-state index in [4.69, 9.17) is 9.47 Å². The zero-order chi connectivity index (χ0) is 31.1. The molecule has 1 atom stereocenters. The summed E-state index contributed by atoms with van der Waals surface area (Å²) in [6.45, 7) is 2.48. The Morgan fingerprint density at radius 1 is 1.00 bits per heavy atom. The molecule has 1 saturated carbocycles. The molecule has 1 aliphatic rings. The van der Waals surface area contributed by atoms with Crippen LogP contribution in [-0.2, 0) is 26.2 Å². The molecule has 0 unspecified atom stereocenters. The molecule has 3 aromatic carbocycles. The van der Waals surface area contributed by atoms with Crippen molar-refractivity contribution >= 4 is 27.5 Å². The topological polar surface area (TPSA) is 105 Å². The van der Waals surface area contributed by atoms with E-state index in [-0.39, 0.29) is 40.4 Å². The van der Waals surface area contributed by atoms with E-state index in [1.54, 1.807) is 37.3 Å². The number of hydrogen-bond donors (Lipinski definition) is 1. The van der Waals surface area contributed by atoms with Crippen LogP contribution in [0.25, 0.3) is 0 Å². The van der Waals surface area contributed by atoms with Gasteiger partial charge in [-0.25, -0.2) is 12.8 Å². The van der Waals surface area contributed by atoms with Crippen molar-refractivity contribution < 1.29 is 31.9 Å². The van der Waals surface area contributed by atoms with E-state index in [0.29, 0.717) is 5.75 Å². The normalized spacial score (nSPS) is 14.2. The highest BCUT2D eigenvalue weighted by Crippen LogP contribution is 2.36. The van der Waals surface area contributed by atoms with Crippen LogP contribution in [0.3, 0.4) is 0 Å². The molecule has 0 spiro atoms. The van der Waals surface area contributed by atoms with Crippen molar-refractivity contribution in [3.63, 3.8) is 0 Å². The average molecular weight is 612 g/mol. The first kappa shape index (κ1) is 31.8. The predicted molar refractivity (Wildman–Crippen MR) is 162 cm³/mol. The number of aryl methyl sites for hydroxylation is 1. The Kier molecular flexibility index (Phi) is 10.3. The molecule has 0 aliphatic heterocycles. The molecule has 0 heterocycles. The fourth-order valence-corrected chi connectivity index (χ4v) is 6.54. The maximum Gasteiger partial charge on any atom is 0.264 e. The molecular formula is C32H38FN3O6S. The molecule has 4 rings (SSSR count). The molecule has 43 heavy (non-hydrogen) atoms. The highest BCUT2D eigenvalue weighted by atomic mass is 32.2. The highest BCUT2D eigenvalue weighted by Gasteiger charge is 2.35. The third-order valence-electron chi connectivity index (χ3n) is 7.71. The Balaban J connectivity index is 1.76. The number of carbonyl (C=O) groups excluding carboxylic acids is 2. The van der Waals surface area contributed by atoms with Crippen molar-refractivity contribution in [3.05, 3.63) is 83.7 Å². The average Bonchev–Trinajstić information content (AvgIpc) is 3.51. The molecule has 2 amide bonds.